The van der Waals surface area contributed by atoms with Crippen molar-refractivity contribution in [2.45, 2.75) is 33.3 Å². The Hall–Kier alpha value is -3.61. The van der Waals surface area contributed by atoms with Crippen molar-refractivity contribution in [1.82, 2.24) is 4.98 Å². The van der Waals surface area contributed by atoms with Gasteiger partial charge in [-0.3, -0.25) is 4.79 Å². The van der Waals surface area contributed by atoms with Gasteiger partial charge in [-0.2, -0.15) is 0 Å². The number of esters is 2. The molecule has 2 aromatic carbocycles. The average Bonchev–Trinajstić information content (AvgIpc) is 3.09. The minimum atomic E-state index is -1.03. The number of carbonyl (C=O) groups is 3. The lowest BCUT2D eigenvalue weighted by Crippen LogP contribution is -2.30. The van der Waals surface area contributed by atoms with E-state index in [4.69, 9.17) is 9.47 Å². The quantitative estimate of drug-likeness (QED) is 0.601. The minimum absolute atomic E-state index is 0.137. The van der Waals surface area contributed by atoms with E-state index in [1.807, 2.05) is 43.3 Å². The number of methoxy groups -OCH3 is 1. The summed E-state index contributed by atoms with van der Waals surface area (Å²) >= 11 is 0. The van der Waals surface area contributed by atoms with Crippen LogP contribution in [0.3, 0.4) is 0 Å². The van der Waals surface area contributed by atoms with E-state index >= 15 is 0 Å². The number of aromatic nitrogens is 1. The van der Waals surface area contributed by atoms with E-state index in [2.05, 4.69) is 10.3 Å². The van der Waals surface area contributed by atoms with Crippen LogP contribution in [0.5, 0.6) is 0 Å². The molecule has 1 unspecified atom stereocenters. The Kier molecular flexibility index (Phi) is 6.20. The summed E-state index contributed by atoms with van der Waals surface area (Å²) in [6.45, 7) is 4.99. The number of benzene rings is 2. The average molecular weight is 408 g/mol. The first-order valence-electron chi connectivity index (χ1n) is 9.66. The molecule has 0 radical (unpaired) electrons. The van der Waals surface area contributed by atoms with E-state index in [0.29, 0.717) is 28.9 Å². The van der Waals surface area contributed by atoms with Gasteiger partial charge in [0, 0.05) is 11.4 Å². The standard InChI is InChI=1S/C23H24N2O5/c1-5-18-19(22(27)29-4)13(2)20(25-18)23(28)30-14(3)21(26)24-17-11-10-15-8-6-7-9-16(15)12-17/h6-12,14,25H,5H2,1-4H3,(H,24,26). The Morgan fingerprint density at radius 2 is 1.77 bits per heavy atom. The number of fused-ring (bicyclic) bond motifs is 1. The number of amides is 1. The van der Waals surface area contributed by atoms with Gasteiger partial charge in [0.1, 0.15) is 5.69 Å². The number of ether oxygens (including phenoxy) is 2. The van der Waals surface area contributed by atoms with Crippen LogP contribution in [0.25, 0.3) is 10.8 Å². The number of aryl methyl sites for hydroxylation is 1. The molecular weight excluding hydrogens is 384 g/mol. The second kappa shape index (κ2) is 8.82. The zero-order valence-electron chi connectivity index (χ0n) is 17.4. The van der Waals surface area contributed by atoms with Crippen LogP contribution in [0, 0.1) is 6.92 Å². The number of nitrogens with one attached hydrogen (secondary N) is 2. The fourth-order valence-corrected chi connectivity index (χ4v) is 3.29. The molecule has 2 N–H and O–H groups in total. The minimum Gasteiger partial charge on any atom is -0.465 e. The largest absolute Gasteiger partial charge is 0.465 e. The smallest absolute Gasteiger partial charge is 0.355 e. The molecular formula is C23H24N2O5. The summed E-state index contributed by atoms with van der Waals surface area (Å²) in [5, 5.41) is 4.81. The first-order valence-corrected chi connectivity index (χ1v) is 9.66. The normalized spacial score (nSPS) is 11.7. The van der Waals surface area contributed by atoms with E-state index < -0.39 is 23.9 Å². The molecule has 3 rings (SSSR count). The molecule has 0 spiro atoms. The molecule has 30 heavy (non-hydrogen) atoms. The van der Waals surface area contributed by atoms with Crippen molar-refractivity contribution in [2.24, 2.45) is 0 Å². The topological polar surface area (TPSA) is 97.5 Å². The van der Waals surface area contributed by atoms with Crippen molar-refractivity contribution in [1.29, 1.82) is 0 Å². The van der Waals surface area contributed by atoms with Crippen molar-refractivity contribution < 1.29 is 23.9 Å². The molecule has 0 aliphatic heterocycles. The Bertz CT molecular complexity index is 1120. The first kappa shape index (κ1) is 21.1. The highest BCUT2D eigenvalue weighted by molar-refractivity contribution is 6.01. The maximum Gasteiger partial charge on any atom is 0.355 e. The molecule has 7 nitrogen and oxygen atoms in total. The third kappa shape index (κ3) is 4.20. The van der Waals surface area contributed by atoms with E-state index in [0.717, 1.165) is 10.8 Å². The third-order valence-electron chi connectivity index (χ3n) is 4.94. The van der Waals surface area contributed by atoms with E-state index in [1.54, 1.807) is 13.0 Å². The van der Waals surface area contributed by atoms with Gasteiger partial charge in [0.2, 0.25) is 0 Å². The summed E-state index contributed by atoms with van der Waals surface area (Å²) in [6, 6.07) is 13.4. The summed E-state index contributed by atoms with van der Waals surface area (Å²) in [4.78, 5) is 40.1. The van der Waals surface area contributed by atoms with Crippen LogP contribution in [0.15, 0.2) is 42.5 Å². The van der Waals surface area contributed by atoms with Crippen molar-refractivity contribution >= 4 is 34.3 Å². The Morgan fingerprint density at radius 1 is 1.07 bits per heavy atom. The van der Waals surface area contributed by atoms with Gasteiger partial charge in [0.25, 0.3) is 5.91 Å². The number of anilines is 1. The van der Waals surface area contributed by atoms with Gasteiger partial charge >= 0.3 is 11.9 Å². The van der Waals surface area contributed by atoms with Crippen LogP contribution in [-0.2, 0) is 20.7 Å². The summed E-state index contributed by atoms with van der Waals surface area (Å²) in [6.07, 6.45) is -0.519. The number of hydrogen-bond donors (Lipinski definition) is 2. The zero-order chi connectivity index (χ0) is 21.8. The predicted molar refractivity (Wildman–Crippen MR) is 114 cm³/mol. The Labute approximate surface area is 174 Å². The van der Waals surface area contributed by atoms with Crippen LogP contribution in [0.4, 0.5) is 5.69 Å². The van der Waals surface area contributed by atoms with Crippen molar-refractivity contribution in [3.63, 3.8) is 0 Å². The zero-order valence-corrected chi connectivity index (χ0v) is 17.4. The van der Waals surface area contributed by atoms with Gasteiger partial charge in [-0.05, 0) is 48.7 Å². The molecule has 0 aliphatic rings. The van der Waals surface area contributed by atoms with Gasteiger partial charge in [-0.1, -0.05) is 37.3 Å². The molecule has 156 valence electrons. The number of carbonyl (C=O) groups excluding carboxylic acids is 3. The number of H-pyrrole nitrogens is 1. The summed E-state index contributed by atoms with van der Waals surface area (Å²) in [7, 11) is 1.28. The van der Waals surface area contributed by atoms with Crippen molar-refractivity contribution in [3.8, 4) is 0 Å². The lowest BCUT2D eigenvalue weighted by molar-refractivity contribution is -0.123. The van der Waals surface area contributed by atoms with Crippen LogP contribution in [0.1, 0.15) is 46.0 Å². The molecule has 0 saturated heterocycles. The van der Waals surface area contributed by atoms with Crippen LogP contribution < -0.4 is 5.32 Å². The third-order valence-corrected chi connectivity index (χ3v) is 4.94. The molecule has 0 saturated carbocycles. The number of hydrogen-bond acceptors (Lipinski definition) is 5. The molecule has 1 amide bonds. The molecule has 1 atom stereocenters. The first-order chi connectivity index (χ1) is 14.3. The molecule has 1 aromatic heterocycles. The van der Waals surface area contributed by atoms with Crippen LogP contribution >= 0.6 is 0 Å². The van der Waals surface area contributed by atoms with E-state index in [-0.39, 0.29) is 5.69 Å². The maximum atomic E-state index is 12.6. The highest BCUT2D eigenvalue weighted by atomic mass is 16.5. The summed E-state index contributed by atoms with van der Waals surface area (Å²) in [5.41, 5.74) is 2.09. The fraction of sp³-hybridized carbons (Fsp3) is 0.261. The number of aromatic amines is 1. The van der Waals surface area contributed by atoms with Gasteiger partial charge in [0.15, 0.2) is 6.10 Å². The van der Waals surface area contributed by atoms with Crippen molar-refractivity contribution in [2.75, 3.05) is 12.4 Å². The molecule has 1 heterocycles. The van der Waals surface area contributed by atoms with Gasteiger partial charge < -0.3 is 19.8 Å². The van der Waals surface area contributed by atoms with E-state index in [1.165, 1.54) is 14.0 Å². The predicted octanol–water partition coefficient (Wildman–Crippen LogP) is 4.01. The van der Waals surface area contributed by atoms with Crippen LogP contribution in [-0.4, -0.2) is 36.0 Å². The lowest BCUT2D eigenvalue weighted by atomic mass is 10.1. The molecule has 0 bridgehead atoms. The SMILES string of the molecule is CCc1[nH]c(C(=O)OC(C)C(=O)Nc2ccc3ccccc3c2)c(C)c1C(=O)OC. The highest BCUT2D eigenvalue weighted by Crippen LogP contribution is 2.22. The number of rotatable bonds is 6. The monoisotopic (exact) mass is 408 g/mol. The Morgan fingerprint density at radius 3 is 2.43 bits per heavy atom. The van der Waals surface area contributed by atoms with Gasteiger partial charge in [0.05, 0.1) is 12.7 Å². The lowest BCUT2D eigenvalue weighted by Gasteiger charge is -2.14. The van der Waals surface area contributed by atoms with E-state index in [9.17, 15) is 14.4 Å². The molecule has 0 fully saturated rings. The second-order valence-corrected chi connectivity index (χ2v) is 6.92. The molecule has 3 aromatic rings. The summed E-state index contributed by atoms with van der Waals surface area (Å²) in [5.74, 6) is -1.69. The van der Waals surface area contributed by atoms with Gasteiger partial charge in [-0.25, -0.2) is 9.59 Å². The molecule has 7 heteroatoms. The Balaban J connectivity index is 1.72. The second-order valence-electron chi connectivity index (χ2n) is 6.92. The van der Waals surface area contributed by atoms with Crippen molar-refractivity contribution in [3.05, 3.63) is 65.0 Å². The van der Waals surface area contributed by atoms with Crippen LogP contribution in [0.2, 0.25) is 0 Å². The van der Waals surface area contributed by atoms with Gasteiger partial charge in [-0.15, -0.1) is 0 Å². The highest BCUT2D eigenvalue weighted by Gasteiger charge is 2.27. The fourth-order valence-electron chi connectivity index (χ4n) is 3.29. The molecule has 0 aliphatic carbocycles. The maximum absolute atomic E-state index is 12.6. The summed E-state index contributed by atoms with van der Waals surface area (Å²) < 4.78 is 10.1.